The Hall–Kier alpha value is -1.08. The Morgan fingerprint density at radius 2 is 2.11 bits per heavy atom. The molecule has 7 heteroatoms. The van der Waals surface area contributed by atoms with Crippen molar-refractivity contribution in [1.29, 1.82) is 0 Å². The van der Waals surface area contributed by atoms with Gasteiger partial charge < -0.3 is 10.4 Å². The van der Waals surface area contributed by atoms with E-state index in [1.54, 1.807) is 13.0 Å². The van der Waals surface area contributed by atoms with Crippen LogP contribution in [0.2, 0.25) is 0 Å². The van der Waals surface area contributed by atoms with E-state index in [0.717, 1.165) is 0 Å². The lowest BCUT2D eigenvalue weighted by molar-refractivity contribution is 0.0697. The van der Waals surface area contributed by atoms with Crippen molar-refractivity contribution in [2.75, 3.05) is 23.4 Å². The van der Waals surface area contributed by atoms with Gasteiger partial charge in [-0.1, -0.05) is 6.92 Å². The van der Waals surface area contributed by atoms with Crippen LogP contribution in [-0.4, -0.2) is 37.5 Å². The molecule has 100 valence electrons. The van der Waals surface area contributed by atoms with E-state index in [1.807, 2.05) is 0 Å². The number of benzene rings is 1. The van der Waals surface area contributed by atoms with Gasteiger partial charge in [-0.2, -0.15) is 0 Å². The van der Waals surface area contributed by atoms with Gasteiger partial charge in [-0.05, 0) is 34.1 Å². The van der Waals surface area contributed by atoms with Crippen LogP contribution in [0.4, 0.5) is 5.69 Å². The molecule has 0 fully saturated rings. The molecule has 0 unspecified atom stereocenters. The fraction of sp³-hybridized carbons (Fsp3) is 0.364. The molecule has 0 saturated heterocycles. The molecule has 0 aromatic heterocycles. The van der Waals surface area contributed by atoms with Gasteiger partial charge in [0.25, 0.3) is 0 Å². The number of hydrogen-bond donors (Lipinski definition) is 2. The van der Waals surface area contributed by atoms with Gasteiger partial charge in [0, 0.05) is 22.5 Å². The highest BCUT2D eigenvalue weighted by molar-refractivity contribution is 9.10. The van der Waals surface area contributed by atoms with Crippen LogP contribution in [0.15, 0.2) is 22.7 Å². The van der Waals surface area contributed by atoms with Crippen molar-refractivity contribution in [3.63, 3.8) is 0 Å². The predicted octanol–water partition coefficient (Wildman–Crippen LogP) is 1.99. The number of nitrogens with one attached hydrogen (secondary N) is 1. The highest BCUT2D eigenvalue weighted by atomic mass is 79.9. The molecule has 2 N–H and O–H groups in total. The lowest BCUT2D eigenvalue weighted by atomic mass is 10.2. The normalized spacial score (nSPS) is 11.2. The number of carbonyl (C=O) groups is 1. The molecule has 1 rings (SSSR count). The topological polar surface area (TPSA) is 83.5 Å². The fourth-order valence-electron chi connectivity index (χ4n) is 1.28. The fourth-order valence-corrected chi connectivity index (χ4v) is 2.50. The van der Waals surface area contributed by atoms with Gasteiger partial charge in [-0.25, -0.2) is 13.2 Å². The highest BCUT2D eigenvalue weighted by Crippen LogP contribution is 2.23. The van der Waals surface area contributed by atoms with Crippen molar-refractivity contribution in [2.24, 2.45) is 0 Å². The molecule has 1 aromatic carbocycles. The van der Waals surface area contributed by atoms with E-state index in [0.29, 0.717) is 16.7 Å². The maximum absolute atomic E-state index is 11.3. The Morgan fingerprint density at radius 1 is 1.44 bits per heavy atom. The Morgan fingerprint density at radius 3 is 2.61 bits per heavy atom. The number of hydrogen-bond acceptors (Lipinski definition) is 4. The zero-order valence-corrected chi connectivity index (χ0v) is 12.2. The first-order valence-electron chi connectivity index (χ1n) is 5.33. The molecule has 0 aliphatic carbocycles. The van der Waals surface area contributed by atoms with Crippen molar-refractivity contribution in [1.82, 2.24) is 0 Å². The number of anilines is 1. The Bertz CT molecular complexity index is 542. The molecular weight excluding hydrogens is 322 g/mol. The molecular formula is C11H14BrNO4S. The quantitative estimate of drug-likeness (QED) is 0.830. The van der Waals surface area contributed by atoms with Crippen LogP contribution in [-0.2, 0) is 9.84 Å². The van der Waals surface area contributed by atoms with E-state index >= 15 is 0 Å². The molecule has 0 bridgehead atoms. The molecule has 0 amide bonds. The zero-order valence-electron chi connectivity index (χ0n) is 9.81. The standard InChI is InChI=1S/C11H14BrNO4S/c1-2-18(16,17)6-5-13-10-4-3-8(11(14)15)7-9(10)12/h3-4,7,13H,2,5-6H2,1H3,(H,14,15). The molecule has 0 spiro atoms. The number of rotatable bonds is 6. The molecule has 18 heavy (non-hydrogen) atoms. The second kappa shape index (κ2) is 6.19. The van der Waals surface area contributed by atoms with Gasteiger partial charge in [0.1, 0.15) is 0 Å². The van der Waals surface area contributed by atoms with Gasteiger partial charge in [-0.15, -0.1) is 0 Å². The van der Waals surface area contributed by atoms with E-state index in [2.05, 4.69) is 21.2 Å². The first kappa shape index (κ1) is 15.0. The molecule has 1 aromatic rings. The maximum atomic E-state index is 11.3. The minimum Gasteiger partial charge on any atom is -0.478 e. The SMILES string of the molecule is CCS(=O)(=O)CCNc1ccc(C(=O)O)cc1Br. The first-order chi connectivity index (χ1) is 8.35. The monoisotopic (exact) mass is 335 g/mol. The molecule has 0 heterocycles. The Labute approximate surface area is 114 Å². The summed E-state index contributed by atoms with van der Waals surface area (Å²) in [4.78, 5) is 10.7. The van der Waals surface area contributed by atoms with Crippen molar-refractivity contribution in [3.8, 4) is 0 Å². The van der Waals surface area contributed by atoms with Crippen LogP contribution in [0.3, 0.4) is 0 Å². The summed E-state index contributed by atoms with van der Waals surface area (Å²) in [6.07, 6.45) is 0. The summed E-state index contributed by atoms with van der Waals surface area (Å²) in [7, 11) is -3.00. The van der Waals surface area contributed by atoms with Crippen LogP contribution >= 0.6 is 15.9 Å². The zero-order chi connectivity index (χ0) is 13.8. The summed E-state index contributed by atoms with van der Waals surface area (Å²) in [5.41, 5.74) is 0.847. The minimum atomic E-state index is -3.00. The molecule has 0 radical (unpaired) electrons. The van der Waals surface area contributed by atoms with E-state index in [-0.39, 0.29) is 17.1 Å². The van der Waals surface area contributed by atoms with Gasteiger partial charge >= 0.3 is 5.97 Å². The first-order valence-corrected chi connectivity index (χ1v) is 7.94. The van der Waals surface area contributed by atoms with Gasteiger partial charge in [0.2, 0.25) is 0 Å². The van der Waals surface area contributed by atoms with Crippen molar-refractivity contribution in [3.05, 3.63) is 28.2 Å². The second-order valence-electron chi connectivity index (χ2n) is 3.66. The Balaban J connectivity index is 2.67. The lowest BCUT2D eigenvalue weighted by Crippen LogP contribution is -2.17. The summed E-state index contributed by atoms with van der Waals surface area (Å²) >= 11 is 3.24. The third kappa shape index (κ3) is 4.30. The number of sulfone groups is 1. The molecule has 0 aliphatic rings. The van der Waals surface area contributed by atoms with E-state index < -0.39 is 15.8 Å². The highest BCUT2D eigenvalue weighted by Gasteiger charge is 2.09. The van der Waals surface area contributed by atoms with Crippen LogP contribution in [0, 0.1) is 0 Å². The molecule has 0 atom stereocenters. The molecule has 0 aliphatic heterocycles. The summed E-state index contributed by atoms with van der Waals surface area (Å²) in [6.45, 7) is 1.90. The van der Waals surface area contributed by atoms with Gasteiger partial charge in [0.05, 0.1) is 11.3 Å². The van der Waals surface area contributed by atoms with Crippen molar-refractivity contribution >= 4 is 37.4 Å². The minimum absolute atomic E-state index is 0.0522. The summed E-state index contributed by atoms with van der Waals surface area (Å²) in [6, 6.07) is 4.54. The van der Waals surface area contributed by atoms with Crippen LogP contribution in [0.5, 0.6) is 0 Å². The molecule has 0 saturated carbocycles. The second-order valence-corrected chi connectivity index (χ2v) is 6.99. The smallest absolute Gasteiger partial charge is 0.335 e. The number of aromatic carboxylic acids is 1. The van der Waals surface area contributed by atoms with Gasteiger partial charge in [-0.3, -0.25) is 0 Å². The third-order valence-corrected chi connectivity index (χ3v) is 4.75. The summed E-state index contributed by atoms with van der Waals surface area (Å²) in [5, 5.41) is 11.7. The van der Waals surface area contributed by atoms with Gasteiger partial charge in [0.15, 0.2) is 9.84 Å². The number of halogens is 1. The van der Waals surface area contributed by atoms with Crippen molar-refractivity contribution in [2.45, 2.75) is 6.92 Å². The van der Waals surface area contributed by atoms with E-state index in [9.17, 15) is 13.2 Å². The summed E-state index contributed by atoms with van der Waals surface area (Å²) in [5.74, 6) is -0.833. The Kier molecular flexibility index (Phi) is 5.15. The summed E-state index contributed by atoms with van der Waals surface area (Å²) < 4.78 is 23.2. The van der Waals surface area contributed by atoms with Crippen LogP contribution in [0.1, 0.15) is 17.3 Å². The average molecular weight is 336 g/mol. The third-order valence-electron chi connectivity index (χ3n) is 2.38. The van der Waals surface area contributed by atoms with E-state index in [4.69, 9.17) is 5.11 Å². The molecule has 5 nitrogen and oxygen atoms in total. The largest absolute Gasteiger partial charge is 0.478 e. The van der Waals surface area contributed by atoms with Crippen LogP contribution in [0.25, 0.3) is 0 Å². The number of carboxylic acid groups (broad SMARTS) is 1. The lowest BCUT2D eigenvalue weighted by Gasteiger charge is -2.09. The maximum Gasteiger partial charge on any atom is 0.335 e. The van der Waals surface area contributed by atoms with Crippen molar-refractivity contribution < 1.29 is 18.3 Å². The van der Waals surface area contributed by atoms with Crippen LogP contribution < -0.4 is 5.32 Å². The average Bonchev–Trinajstić information content (AvgIpc) is 2.31. The number of carboxylic acids is 1. The van der Waals surface area contributed by atoms with E-state index in [1.165, 1.54) is 12.1 Å². The predicted molar refractivity (Wildman–Crippen MR) is 73.9 cm³/mol.